The van der Waals surface area contributed by atoms with Gasteiger partial charge in [-0.25, -0.2) is 0 Å². The van der Waals surface area contributed by atoms with Gasteiger partial charge in [-0.1, -0.05) is 0 Å². The highest BCUT2D eigenvalue weighted by Crippen LogP contribution is 2.11. The van der Waals surface area contributed by atoms with Crippen LogP contribution in [0.15, 0.2) is 0 Å². The van der Waals surface area contributed by atoms with Crippen LogP contribution < -0.4 is 5.32 Å². The molecule has 0 saturated carbocycles. The number of β-amino-alcohol motifs (C(OH)–C–C–N with tert-alkyl or cyclic N) is 1. The lowest BCUT2D eigenvalue weighted by Crippen LogP contribution is -2.41. The lowest BCUT2D eigenvalue weighted by atomic mass is 10.2. The zero-order chi connectivity index (χ0) is 12.1. The smallest absolute Gasteiger partial charge is 0.225 e. The van der Waals surface area contributed by atoms with Gasteiger partial charge in [0.1, 0.15) is 0 Å². The molecule has 1 aliphatic rings. The highest BCUT2D eigenvalue weighted by atomic mass is 16.5. The first-order valence-electron chi connectivity index (χ1n) is 5.26. The van der Waals surface area contributed by atoms with E-state index in [0.717, 1.165) is 0 Å². The van der Waals surface area contributed by atoms with Crippen molar-refractivity contribution in [2.75, 3.05) is 26.8 Å². The van der Waals surface area contributed by atoms with Gasteiger partial charge in [-0.3, -0.25) is 9.59 Å². The normalized spacial score (nSPS) is 24.6. The topological polar surface area (TPSA) is 78.9 Å². The van der Waals surface area contributed by atoms with Gasteiger partial charge in [0.05, 0.1) is 25.2 Å². The molecule has 2 atom stereocenters. The van der Waals surface area contributed by atoms with E-state index in [9.17, 15) is 14.7 Å². The van der Waals surface area contributed by atoms with Gasteiger partial charge in [0.2, 0.25) is 11.8 Å². The van der Waals surface area contributed by atoms with Crippen LogP contribution in [-0.2, 0) is 14.3 Å². The van der Waals surface area contributed by atoms with E-state index < -0.39 is 6.10 Å². The molecule has 0 spiro atoms. The van der Waals surface area contributed by atoms with E-state index in [1.807, 2.05) is 0 Å². The summed E-state index contributed by atoms with van der Waals surface area (Å²) in [6, 6.07) is -0.357. The van der Waals surface area contributed by atoms with Crippen LogP contribution in [0, 0.1) is 0 Å². The summed E-state index contributed by atoms with van der Waals surface area (Å²) < 4.78 is 4.81. The third-order valence-electron chi connectivity index (χ3n) is 2.55. The molecule has 2 amide bonds. The predicted octanol–water partition coefficient (Wildman–Crippen LogP) is -1.27. The lowest BCUT2D eigenvalue weighted by Gasteiger charge is -2.16. The first kappa shape index (κ1) is 12.9. The third kappa shape index (κ3) is 3.46. The Kier molecular flexibility index (Phi) is 4.70. The van der Waals surface area contributed by atoms with Crippen LogP contribution in [-0.4, -0.2) is 60.8 Å². The molecule has 1 saturated heterocycles. The summed E-state index contributed by atoms with van der Waals surface area (Å²) in [5.41, 5.74) is 0. The number of rotatable bonds is 4. The average Bonchev–Trinajstić information content (AvgIpc) is 2.56. The summed E-state index contributed by atoms with van der Waals surface area (Å²) >= 11 is 0. The van der Waals surface area contributed by atoms with Crippen molar-refractivity contribution in [2.45, 2.75) is 25.5 Å². The Morgan fingerprint density at radius 2 is 2.19 bits per heavy atom. The van der Waals surface area contributed by atoms with Crippen molar-refractivity contribution in [3.8, 4) is 0 Å². The Bertz CT molecular complexity index is 270. The molecule has 16 heavy (non-hydrogen) atoms. The number of methoxy groups -OCH3 is 1. The maximum Gasteiger partial charge on any atom is 0.225 e. The van der Waals surface area contributed by atoms with E-state index in [2.05, 4.69) is 5.32 Å². The number of carbonyl (C=O) groups excluding carboxylic acids is 2. The van der Waals surface area contributed by atoms with Crippen molar-refractivity contribution in [2.24, 2.45) is 0 Å². The fraction of sp³-hybridized carbons (Fsp3) is 0.800. The molecule has 2 N–H and O–H groups in total. The fourth-order valence-corrected chi connectivity index (χ4v) is 1.74. The Balaban J connectivity index is 2.42. The minimum Gasteiger partial charge on any atom is -0.389 e. The number of nitrogens with one attached hydrogen (secondary N) is 1. The second-order valence-electron chi connectivity index (χ2n) is 3.92. The summed E-state index contributed by atoms with van der Waals surface area (Å²) in [6.07, 6.45) is -0.383. The van der Waals surface area contributed by atoms with Crippen molar-refractivity contribution in [1.82, 2.24) is 10.2 Å². The second-order valence-corrected chi connectivity index (χ2v) is 3.92. The maximum absolute atomic E-state index is 11.6. The van der Waals surface area contributed by atoms with Gasteiger partial charge in [0, 0.05) is 27.1 Å². The molecule has 0 unspecified atom stereocenters. The van der Waals surface area contributed by atoms with Gasteiger partial charge in [-0.2, -0.15) is 0 Å². The molecule has 1 heterocycles. The van der Waals surface area contributed by atoms with Crippen LogP contribution in [0.5, 0.6) is 0 Å². The molecule has 0 aromatic rings. The molecule has 0 aromatic heterocycles. The first-order chi connectivity index (χ1) is 7.54. The van der Waals surface area contributed by atoms with Gasteiger partial charge in [0.25, 0.3) is 0 Å². The van der Waals surface area contributed by atoms with Crippen LogP contribution >= 0.6 is 0 Å². The molecule has 0 radical (unpaired) electrons. The van der Waals surface area contributed by atoms with E-state index in [1.165, 1.54) is 14.0 Å². The van der Waals surface area contributed by atoms with Crippen molar-refractivity contribution in [3.05, 3.63) is 0 Å². The Morgan fingerprint density at radius 3 is 2.75 bits per heavy atom. The zero-order valence-corrected chi connectivity index (χ0v) is 9.60. The molecular weight excluding hydrogens is 212 g/mol. The van der Waals surface area contributed by atoms with E-state index in [0.29, 0.717) is 19.6 Å². The number of aliphatic hydroxyl groups excluding tert-OH is 1. The first-order valence-corrected chi connectivity index (χ1v) is 5.26. The van der Waals surface area contributed by atoms with Gasteiger partial charge >= 0.3 is 0 Å². The number of ether oxygens (including phenoxy) is 1. The van der Waals surface area contributed by atoms with E-state index in [1.54, 1.807) is 4.90 Å². The average molecular weight is 230 g/mol. The summed E-state index contributed by atoms with van der Waals surface area (Å²) in [6.45, 7) is 2.40. The largest absolute Gasteiger partial charge is 0.389 e. The van der Waals surface area contributed by atoms with Crippen molar-refractivity contribution >= 4 is 11.8 Å². The highest BCUT2D eigenvalue weighted by molar-refractivity contribution is 5.77. The number of nitrogens with zero attached hydrogens (tertiary/aromatic N) is 1. The number of aliphatic hydroxyl groups is 1. The van der Waals surface area contributed by atoms with Gasteiger partial charge in [0.15, 0.2) is 0 Å². The molecule has 0 aromatic carbocycles. The quantitative estimate of drug-likeness (QED) is 0.631. The third-order valence-corrected chi connectivity index (χ3v) is 2.55. The lowest BCUT2D eigenvalue weighted by molar-refractivity contribution is -0.131. The summed E-state index contributed by atoms with van der Waals surface area (Å²) in [7, 11) is 1.53. The summed E-state index contributed by atoms with van der Waals surface area (Å²) in [4.78, 5) is 24.0. The van der Waals surface area contributed by atoms with Crippen LogP contribution in [0.2, 0.25) is 0 Å². The van der Waals surface area contributed by atoms with Crippen molar-refractivity contribution in [1.29, 1.82) is 0 Å². The minimum atomic E-state index is -0.685. The van der Waals surface area contributed by atoms with Gasteiger partial charge in [-0.15, -0.1) is 0 Å². The monoisotopic (exact) mass is 230 g/mol. The predicted molar refractivity (Wildman–Crippen MR) is 56.7 cm³/mol. The molecule has 1 fully saturated rings. The number of carbonyl (C=O) groups is 2. The van der Waals surface area contributed by atoms with E-state index >= 15 is 0 Å². The molecule has 1 rings (SSSR count). The summed E-state index contributed by atoms with van der Waals surface area (Å²) in [5.74, 6) is -0.260. The zero-order valence-electron chi connectivity index (χ0n) is 9.60. The minimum absolute atomic E-state index is 0.0613. The Hall–Kier alpha value is -1.14. The molecular formula is C10H18N2O4. The molecule has 1 aliphatic heterocycles. The molecule has 6 heteroatoms. The summed E-state index contributed by atoms with van der Waals surface area (Å²) in [5, 5.41) is 12.3. The van der Waals surface area contributed by atoms with Gasteiger partial charge < -0.3 is 20.1 Å². The Morgan fingerprint density at radius 1 is 1.50 bits per heavy atom. The second kappa shape index (κ2) is 5.81. The number of likely N-dealkylation sites (tertiary alicyclic amines) is 1. The molecule has 92 valence electrons. The molecule has 0 bridgehead atoms. The maximum atomic E-state index is 11.6. The van der Waals surface area contributed by atoms with E-state index in [-0.39, 0.29) is 24.4 Å². The fourth-order valence-electron chi connectivity index (χ4n) is 1.74. The highest BCUT2D eigenvalue weighted by Gasteiger charge is 2.33. The molecule has 6 nitrogen and oxygen atoms in total. The Labute approximate surface area is 94.6 Å². The number of hydrogen-bond donors (Lipinski definition) is 2. The number of amides is 2. The van der Waals surface area contributed by atoms with Gasteiger partial charge in [-0.05, 0) is 0 Å². The van der Waals surface area contributed by atoms with Crippen LogP contribution in [0.1, 0.15) is 13.3 Å². The number of hydrogen-bond acceptors (Lipinski definition) is 4. The van der Waals surface area contributed by atoms with Crippen molar-refractivity contribution < 1.29 is 19.4 Å². The SMILES string of the molecule is COCCC(=O)N1C[C@@H](O)[C@H](NC(C)=O)C1. The molecule has 0 aliphatic carbocycles. The van der Waals surface area contributed by atoms with Crippen LogP contribution in [0.3, 0.4) is 0 Å². The van der Waals surface area contributed by atoms with Crippen molar-refractivity contribution in [3.63, 3.8) is 0 Å². The van der Waals surface area contributed by atoms with Crippen LogP contribution in [0.25, 0.3) is 0 Å². The standard InChI is InChI=1S/C10H18N2O4/c1-7(13)11-8-5-12(6-9(8)14)10(15)3-4-16-2/h8-9,14H,3-6H2,1-2H3,(H,11,13)/t8-,9-/m1/s1. The van der Waals surface area contributed by atoms with E-state index in [4.69, 9.17) is 4.74 Å². The van der Waals surface area contributed by atoms with Crippen LogP contribution in [0.4, 0.5) is 0 Å².